The number of hydrogen-bond acceptors (Lipinski definition) is 5. The van der Waals surface area contributed by atoms with Crippen LogP contribution in [0.15, 0.2) is 224 Å². The summed E-state index contributed by atoms with van der Waals surface area (Å²) in [6.45, 7) is 0. The molecule has 0 fully saturated rings. The van der Waals surface area contributed by atoms with E-state index in [-0.39, 0.29) is 0 Å². The van der Waals surface area contributed by atoms with Crippen LogP contribution in [-0.2, 0) is 0 Å². The molecule has 2 heterocycles. The van der Waals surface area contributed by atoms with E-state index in [9.17, 15) is 0 Å². The third-order valence-corrected chi connectivity index (χ3v) is 12.1. The first-order valence-corrected chi connectivity index (χ1v) is 21.5. The lowest BCUT2D eigenvalue weighted by Crippen LogP contribution is -2.00. The Labute approximate surface area is 370 Å². The highest BCUT2D eigenvalue weighted by molar-refractivity contribution is 6.13. The number of nitrogens with zero attached hydrogens (tertiary/aromatic N) is 5. The molecule has 0 bridgehead atoms. The first kappa shape index (κ1) is 37.1. The van der Waals surface area contributed by atoms with E-state index in [0.29, 0.717) is 23.3 Å². The first-order chi connectivity index (χ1) is 31.7. The lowest BCUT2D eigenvalue weighted by molar-refractivity contribution is 1.07. The van der Waals surface area contributed by atoms with Gasteiger partial charge < -0.3 is 0 Å². The van der Waals surface area contributed by atoms with Gasteiger partial charge in [-0.15, -0.1) is 0 Å². The summed E-state index contributed by atoms with van der Waals surface area (Å²) in [7, 11) is 0. The van der Waals surface area contributed by atoms with Gasteiger partial charge >= 0.3 is 0 Å². The van der Waals surface area contributed by atoms with Crippen LogP contribution in [0.5, 0.6) is 0 Å². The Balaban J connectivity index is 0.970. The van der Waals surface area contributed by atoms with E-state index in [1.807, 2.05) is 66.7 Å². The fourth-order valence-corrected chi connectivity index (χ4v) is 8.88. The predicted octanol–water partition coefficient (Wildman–Crippen LogP) is 14.9. The van der Waals surface area contributed by atoms with Crippen molar-refractivity contribution in [2.75, 3.05) is 0 Å². The molecule has 0 atom stereocenters. The van der Waals surface area contributed by atoms with E-state index >= 15 is 0 Å². The molecular formula is C59H37N5. The van der Waals surface area contributed by atoms with Gasteiger partial charge in [0, 0.05) is 33.4 Å². The molecule has 2 aromatic heterocycles. The predicted molar refractivity (Wildman–Crippen MR) is 263 cm³/mol. The van der Waals surface area contributed by atoms with Crippen LogP contribution in [0.3, 0.4) is 0 Å². The first-order valence-electron chi connectivity index (χ1n) is 21.5. The Morgan fingerprint density at radius 3 is 1.30 bits per heavy atom. The highest BCUT2D eigenvalue weighted by Crippen LogP contribution is 2.38. The highest BCUT2D eigenvalue weighted by atomic mass is 15.0. The van der Waals surface area contributed by atoms with E-state index < -0.39 is 0 Å². The highest BCUT2D eigenvalue weighted by Gasteiger charge is 2.16. The second-order valence-electron chi connectivity index (χ2n) is 16.1. The van der Waals surface area contributed by atoms with Crippen molar-refractivity contribution in [1.29, 1.82) is 0 Å². The summed E-state index contributed by atoms with van der Waals surface area (Å²) in [5.41, 5.74) is 9.84. The molecule has 10 aromatic carbocycles. The molecule has 0 saturated heterocycles. The molecule has 12 rings (SSSR count). The van der Waals surface area contributed by atoms with Gasteiger partial charge in [0.2, 0.25) is 0 Å². The Kier molecular flexibility index (Phi) is 9.08. The van der Waals surface area contributed by atoms with Crippen LogP contribution in [0.2, 0.25) is 0 Å². The molecule has 0 spiro atoms. The van der Waals surface area contributed by atoms with E-state index in [1.54, 1.807) is 0 Å². The molecule has 5 heteroatoms. The number of hydrogen-bond donors (Lipinski definition) is 0. The van der Waals surface area contributed by atoms with Gasteiger partial charge in [0.05, 0.1) is 11.4 Å². The van der Waals surface area contributed by atoms with Crippen LogP contribution in [0, 0.1) is 0 Å². The molecule has 0 radical (unpaired) electrons. The molecule has 0 aliphatic rings. The van der Waals surface area contributed by atoms with Gasteiger partial charge in [-0.05, 0) is 78.5 Å². The molecule has 0 N–H and O–H groups in total. The molecule has 0 unspecified atom stereocenters. The summed E-state index contributed by atoms with van der Waals surface area (Å²) in [6.07, 6.45) is 0. The van der Waals surface area contributed by atoms with E-state index in [4.69, 9.17) is 24.9 Å². The van der Waals surface area contributed by atoms with Crippen molar-refractivity contribution in [3.8, 4) is 79.2 Å². The minimum absolute atomic E-state index is 0.631. The van der Waals surface area contributed by atoms with Crippen LogP contribution in [-0.4, -0.2) is 24.9 Å². The smallest absolute Gasteiger partial charge is 0.164 e. The van der Waals surface area contributed by atoms with Crippen molar-refractivity contribution in [2.45, 2.75) is 0 Å². The zero-order valence-electron chi connectivity index (χ0n) is 34.6. The molecule has 0 amide bonds. The number of benzene rings is 10. The minimum Gasteiger partial charge on any atom is -0.228 e. The Bertz CT molecular complexity index is 3660. The fraction of sp³-hybridized carbons (Fsp3) is 0. The molecule has 0 aliphatic carbocycles. The molecule has 12 aromatic rings. The van der Waals surface area contributed by atoms with Crippen LogP contribution in [0.1, 0.15) is 0 Å². The number of fused-ring (bicyclic) bond motifs is 6. The van der Waals surface area contributed by atoms with Crippen LogP contribution in [0.25, 0.3) is 122 Å². The summed E-state index contributed by atoms with van der Waals surface area (Å²) < 4.78 is 0. The Morgan fingerprint density at radius 1 is 0.203 bits per heavy atom. The largest absolute Gasteiger partial charge is 0.228 e. The standard InChI is InChI=1S/C59H37N5/c1-4-15-41(16-5-1)54-37-55(61-58(60-54)46-30-28-39-27-26-38-14-10-11-23-48(38)52(39)35-46)45-22-12-21-44(34-45)49-24-13-25-50-51(49)33-32-40-29-31-47(36-53(40)50)59-63-56(42-17-6-2-7-18-42)62-57(64-59)43-19-8-3-9-20-43/h1-37H. The molecule has 5 nitrogen and oxygen atoms in total. The summed E-state index contributed by atoms with van der Waals surface area (Å²) in [6, 6.07) is 78.4. The molecule has 298 valence electrons. The Hall–Kier alpha value is -8.67. The van der Waals surface area contributed by atoms with Gasteiger partial charge in [0.1, 0.15) is 0 Å². The van der Waals surface area contributed by atoms with Gasteiger partial charge in [-0.2, -0.15) is 0 Å². The van der Waals surface area contributed by atoms with Crippen LogP contribution in [0.4, 0.5) is 0 Å². The second kappa shape index (κ2) is 15.7. The maximum atomic E-state index is 5.29. The maximum absolute atomic E-state index is 5.29. The zero-order valence-corrected chi connectivity index (χ0v) is 34.6. The summed E-state index contributed by atoms with van der Waals surface area (Å²) in [5, 5.41) is 9.39. The Morgan fingerprint density at radius 2 is 0.641 bits per heavy atom. The van der Waals surface area contributed by atoms with E-state index in [2.05, 4.69) is 158 Å². The maximum Gasteiger partial charge on any atom is 0.164 e. The number of rotatable bonds is 7. The minimum atomic E-state index is 0.631. The SMILES string of the molecule is c1ccc(-c2cc(-c3cccc(-c4cccc5c4ccc4ccc(-c6nc(-c7ccccc7)nc(-c7ccccc7)n6)cc45)c3)nc(-c3ccc4ccc5ccccc5c4c3)n2)cc1. The molecule has 0 saturated carbocycles. The van der Waals surface area contributed by atoms with Crippen molar-refractivity contribution < 1.29 is 0 Å². The lowest BCUT2D eigenvalue weighted by Gasteiger charge is -2.13. The molecular weight excluding hydrogens is 779 g/mol. The zero-order chi connectivity index (χ0) is 42.4. The summed E-state index contributed by atoms with van der Waals surface area (Å²) >= 11 is 0. The number of aromatic nitrogens is 5. The quantitative estimate of drug-likeness (QED) is 0.150. The van der Waals surface area contributed by atoms with Crippen molar-refractivity contribution in [2.24, 2.45) is 0 Å². The monoisotopic (exact) mass is 815 g/mol. The van der Waals surface area contributed by atoms with Gasteiger partial charge in [-0.25, -0.2) is 24.9 Å². The van der Waals surface area contributed by atoms with Crippen LogP contribution >= 0.6 is 0 Å². The third kappa shape index (κ3) is 6.82. The van der Waals surface area contributed by atoms with E-state index in [1.165, 1.54) is 21.5 Å². The average Bonchev–Trinajstić information content (AvgIpc) is 3.38. The van der Waals surface area contributed by atoms with E-state index in [0.717, 1.165) is 77.4 Å². The normalized spacial score (nSPS) is 11.4. The van der Waals surface area contributed by atoms with Crippen molar-refractivity contribution >= 4 is 43.1 Å². The average molecular weight is 816 g/mol. The van der Waals surface area contributed by atoms with Gasteiger partial charge in [-0.1, -0.05) is 200 Å². The van der Waals surface area contributed by atoms with Crippen molar-refractivity contribution in [3.63, 3.8) is 0 Å². The van der Waals surface area contributed by atoms with Crippen molar-refractivity contribution in [3.05, 3.63) is 224 Å². The fourth-order valence-electron chi connectivity index (χ4n) is 8.88. The van der Waals surface area contributed by atoms with Gasteiger partial charge in [0.15, 0.2) is 23.3 Å². The van der Waals surface area contributed by atoms with Gasteiger partial charge in [-0.3, -0.25) is 0 Å². The topological polar surface area (TPSA) is 64.5 Å². The molecule has 0 aliphatic heterocycles. The second-order valence-corrected chi connectivity index (χ2v) is 16.1. The lowest BCUT2D eigenvalue weighted by atomic mass is 9.93. The molecule has 64 heavy (non-hydrogen) atoms. The summed E-state index contributed by atoms with van der Waals surface area (Å²) in [5.74, 6) is 2.60. The third-order valence-electron chi connectivity index (χ3n) is 12.1. The van der Waals surface area contributed by atoms with Gasteiger partial charge in [0.25, 0.3) is 0 Å². The van der Waals surface area contributed by atoms with Crippen LogP contribution < -0.4 is 0 Å². The summed E-state index contributed by atoms with van der Waals surface area (Å²) in [4.78, 5) is 25.5. The van der Waals surface area contributed by atoms with Crippen molar-refractivity contribution in [1.82, 2.24) is 24.9 Å².